The molecule has 0 radical (unpaired) electrons. The Labute approximate surface area is 75.7 Å². The van der Waals surface area contributed by atoms with Crippen LogP contribution in [0.15, 0.2) is 0 Å². The highest BCUT2D eigenvalue weighted by Crippen LogP contribution is 2.23. The van der Waals surface area contributed by atoms with Crippen LogP contribution in [0.2, 0.25) is 0 Å². The molecule has 0 aromatic rings. The van der Waals surface area contributed by atoms with Crippen LogP contribution < -0.4 is 5.32 Å². The molecule has 12 heavy (non-hydrogen) atoms. The van der Waals surface area contributed by atoms with Crippen LogP contribution in [0.25, 0.3) is 0 Å². The maximum atomic E-state index is 5.44. The number of ether oxygens (including phenoxy) is 1. The average Bonchev–Trinajstić information content (AvgIpc) is 2.06. The van der Waals surface area contributed by atoms with Crippen molar-refractivity contribution in [3.8, 4) is 0 Å². The summed E-state index contributed by atoms with van der Waals surface area (Å²) in [6.07, 6.45) is 3.80. The van der Waals surface area contributed by atoms with Crippen molar-refractivity contribution in [2.45, 2.75) is 38.6 Å². The van der Waals surface area contributed by atoms with Gasteiger partial charge in [-0.1, -0.05) is 0 Å². The van der Waals surface area contributed by atoms with Crippen molar-refractivity contribution in [1.82, 2.24) is 5.32 Å². The van der Waals surface area contributed by atoms with Crippen molar-refractivity contribution >= 4 is 0 Å². The van der Waals surface area contributed by atoms with Crippen LogP contribution in [0.1, 0.15) is 33.1 Å². The second-order valence-corrected chi connectivity index (χ2v) is 4.42. The molecule has 1 N–H and O–H groups in total. The summed E-state index contributed by atoms with van der Waals surface area (Å²) in [7, 11) is 2.03. The lowest BCUT2D eigenvalue weighted by molar-refractivity contribution is 0.0424. The molecule has 72 valence electrons. The fraction of sp³-hybridized carbons (Fsp3) is 1.00. The van der Waals surface area contributed by atoms with Gasteiger partial charge in [0.15, 0.2) is 0 Å². The van der Waals surface area contributed by atoms with Crippen LogP contribution in [0.5, 0.6) is 0 Å². The van der Waals surface area contributed by atoms with Crippen LogP contribution in [0.4, 0.5) is 0 Å². The van der Waals surface area contributed by atoms with Gasteiger partial charge in [-0.15, -0.1) is 0 Å². The topological polar surface area (TPSA) is 21.3 Å². The molecule has 0 bridgehead atoms. The van der Waals surface area contributed by atoms with Crippen LogP contribution in [-0.4, -0.2) is 25.8 Å². The Morgan fingerprint density at radius 1 is 1.50 bits per heavy atom. The van der Waals surface area contributed by atoms with E-state index in [1.54, 1.807) is 0 Å². The maximum Gasteiger partial charge on any atom is 0.0494 e. The molecule has 1 rings (SSSR count). The summed E-state index contributed by atoms with van der Waals surface area (Å²) in [6, 6.07) is 0. The second kappa shape index (κ2) is 4.24. The van der Waals surface area contributed by atoms with E-state index in [2.05, 4.69) is 19.2 Å². The molecule has 1 unspecified atom stereocenters. The molecule has 1 fully saturated rings. The van der Waals surface area contributed by atoms with Gasteiger partial charge in [0.05, 0.1) is 0 Å². The molecular weight excluding hydrogens is 150 g/mol. The summed E-state index contributed by atoms with van der Waals surface area (Å²) in [5, 5.41) is 3.33. The van der Waals surface area contributed by atoms with E-state index in [9.17, 15) is 0 Å². The van der Waals surface area contributed by atoms with E-state index in [0.29, 0.717) is 0 Å². The average molecular weight is 171 g/mol. The van der Waals surface area contributed by atoms with Gasteiger partial charge >= 0.3 is 0 Å². The first-order chi connectivity index (χ1) is 5.64. The Morgan fingerprint density at radius 3 is 2.75 bits per heavy atom. The second-order valence-electron chi connectivity index (χ2n) is 4.42. The zero-order valence-electron chi connectivity index (χ0n) is 8.52. The third-order valence-electron chi connectivity index (χ3n) is 2.73. The van der Waals surface area contributed by atoms with Crippen LogP contribution in [0.3, 0.4) is 0 Å². The molecular formula is C10H21NO. The highest BCUT2D eigenvalue weighted by Gasteiger charge is 2.23. The Morgan fingerprint density at radius 2 is 2.25 bits per heavy atom. The number of rotatable bonds is 3. The molecule has 0 aromatic carbocycles. The molecule has 1 aliphatic heterocycles. The van der Waals surface area contributed by atoms with Crippen molar-refractivity contribution in [3.05, 3.63) is 0 Å². The van der Waals surface area contributed by atoms with E-state index in [4.69, 9.17) is 4.74 Å². The van der Waals surface area contributed by atoms with Crippen molar-refractivity contribution in [3.63, 3.8) is 0 Å². The Hall–Kier alpha value is -0.0800. The summed E-state index contributed by atoms with van der Waals surface area (Å²) in [5.74, 6) is 0.765. The van der Waals surface area contributed by atoms with Gasteiger partial charge in [-0.3, -0.25) is 0 Å². The van der Waals surface area contributed by atoms with E-state index in [0.717, 1.165) is 19.1 Å². The van der Waals surface area contributed by atoms with Gasteiger partial charge in [0.2, 0.25) is 0 Å². The first-order valence-corrected chi connectivity index (χ1v) is 4.91. The molecule has 1 saturated heterocycles. The zero-order valence-corrected chi connectivity index (χ0v) is 8.52. The normalized spacial score (nSPS) is 25.8. The fourth-order valence-corrected chi connectivity index (χ4v) is 1.79. The molecule has 1 aliphatic rings. The fourth-order valence-electron chi connectivity index (χ4n) is 1.79. The number of hydrogen-bond acceptors (Lipinski definition) is 2. The molecule has 0 aromatic heterocycles. The van der Waals surface area contributed by atoms with Crippen molar-refractivity contribution < 1.29 is 4.74 Å². The minimum Gasteiger partial charge on any atom is -0.381 e. The lowest BCUT2D eigenvalue weighted by Gasteiger charge is -2.31. The largest absolute Gasteiger partial charge is 0.381 e. The number of nitrogens with one attached hydrogen (secondary N) is 1. The lowest BCUT2D eigenvalue weighted by Crippen LogP contribution is -2.39. The Kier molecular flexibility index (Phi) is 3.53. The molecule has 2 nitrogen and oxygen atoms in total. The van der Waals surface area contributed by atoms with Crippen LogP contribution in [-0.2, 0) is 4.74 Å². The lowest BCUT2D eigenvalue weighted by atomic mass is 9.87. The summed E-state index contributed by atoms with van der Waals surface area (Å²) < 4.78 is 5.44. The van der Waals surface area contributed by atoms with E-state index in [1.807, 2.05) is 7.05 Å². The van der Waals surface area contributed by atoms with Gasteiger partial charge in [0, 0.05) is 18.8 Å². The highest BCUT2D eigenvalue weighted by molar-refractivity contribution is 4.80. The number of hydrogen-bond donors (Lipinski definition) is 1. The summed E-state index contributed by atoms with van der Waals surface area (Å²) in [5.41, 5.74) is 0.269. The maximum absolute atomic E-state index is 5.44. The molecule has 1 atom stereocenters. The van der Waals surface area contributed by atoms with E-state index in [-0.39, 0.29) is 5.54 Å². The zero-order chi connectivity index (χ0) is 9.03. The predicted octanol–water partition coefficient (Wildman–Crippen LogP) is 1.80. The molecule has 0 amide bonds. The highest BCUT2D eigenvalue weighted by atomic mass is 16.5. The third kappa shape index (κ3) is 3.11. The predicted molar refractivity (Wildman–Crippen MR) is 51.3 cm³/mol. The SMILES string of the molecule is CNC(C)(C)CC1CCCOC1. The Bertz CT molecular complexity index is 128. The van der Waals surface area contributed by atoms with Crippen molar-refractivity contribution in [2.75, 3.05) is 20.3 Å². The molecule has 1 heterocycles. The van der Waals surface area contributed by atoms with Gasteiger partial charge < -0.3 is 10.1 Å². The van der Waals surface area contributed by atoms with E-state index < -0.39 is 0 Å². The van der Waals surface area contributed by atoms with Gasteiger partial charge in [-0.05, 0) is 46.1 Å². The van der Waals surface area contributed by atoms with Gasteiger partial charge in [-0.2, -0.15) is 0 Å². The summed E-state index contributed by atoms with van der Waals surface area (Å²) >= 11 is 0. The quantitative estimate of drug-likeness (QED) is 0.699. The van der Waals surface area contributed by atoms with Gasteiger partial charge in [-0.25, -0.2) is 0 Å². The van der Waals surface area contributed by atoms with Gasteiger partial charge in [0.25, 0.3) is 0 Å². The first kappa shape index (κ1) is 10.0. The standard InChI is InChI=1S/C10H21NO/c1-10(2,11-3)7-9-5-4-6-12-8-9/h9,11H,4-8H2,1-3H3. The van der Waals surface area contributed by atoms with Crippen LogP contribution in [0, 0.1) is 5.92 Å². The summed E-state index contributed by atoms with van der Waals surface area (Å²) in [4.78, 5) is 0. The molecule has 0 spiro atoms. The first-order valence-electron chi connectivity index (χ1n) is 4.91. The van der Waals surface area contributed by atoms with Crippen molar-refractivity contribution in [2.24, 2.45) is 5.92 Å². The summed E-state index contributed by atoms with van der Waals surface area (Å²) in [6.45, 7) is 6.44. The monoisotopic (exact) mass is 171 g/mol. The van der Waals surface area contributed by atoms with Gasteiger partial charge in [0.1, 0.15) is 0 Å². The van der Waals surface area contributed by atoms with Crippen LogP contribution >= 0.6 is 0 Å². The molecule has 2 heteroatoms. The molecule has 0 saturated carbocycles. The molecule has 0 aliphatic carbocycles. The van der Waals surface area contributed by atoms with E-state index >= 15 is 0 Å². The smallest absolute Gasteiger partial charge is 0.0494 e. The third-order valence-corrected chi connectivity index (χ3v) is 2.73. The minimum absolute atomic E-state index is 0.269. The minimum atomic E-state index is 0.269. The Balaban J connectivity index is 2.28. The van der Waals surface area contributed by atoms with Crippen molar-refractivity contribution in [1.29, 1.82) is 0 Å². The van der Waals surface area contributed by atoms with E-state index in [1.165, 1.54) is 19.3 Å².